The summed E-state index contributed by atoms with van der Waals surface area (Å²) in [6.07, 6.45) is 3.16. The molecule has 0 N–H and O–H groups in total. The molecule has 3 aliphatic heterocycles. The normalized spacial score (nSPS) is 28.9. The molecule has 214 valence electrons. The first-order valence-electron chi connectivity index (χ1n) is 13.5. The van der Waals surface area contributed by atoms with Crippen LogP contribution in [0.2, 0.25) is 0 Å². The number of epoxide rings is 1. The molecule has 2 aromatic carbocycles. The number of methoxy groups -OCH3 is 2. The molecule has 2 unspecified atom stereocenters. The third-order valence-corrected chi connectivity index (χ3v) is 7.86. The number of carbonyl (C=O) groups is 2. The number of ether oxygens (including phenoxy) is 7. The summed E-state index contributed by atoms with van der Waals surface area (Å²) in [4.78, 5) is 26.5. The van der Waals surface area contributed by atoms with Gasteiger partial charge in [-0.3, -0.25) is 0 Å². The van der Waals surface area contributed by atoms with Crippen molar-refractivity contribution in [3.05, 3.63) is 71.3 Å². The molecule has 2 bridgehead atoms. The van der Waals surface area contributed by atoms with E-state index in [-0.39, 0.29) is 12.9 Å². The standard InChI is InChI=1S/C31H36O9/c1-19-10-9-13-23(38-28(32)20-11-7-6-8-12-20)26-27-31(40-27,30(2,3)39-26)15-14-21-16-22(35-5)17-24(36-18-34-4)25(21)29(33)37-19/h6-9,11-13,16-17,19,23,26-27H,10,14-15,18H2,1-5H3/t19-,23?,26+,27+,31?/m0/s1. The Morgan fingerprint density at radius 1 is 1.10 bits per heavy atom. The van der Waals surface area contributed by atoms with E-state index in [1.807, 2.05) is 39.0 Å². The zero-order valence-electron chi connectivity index (χ0n) is 23.5. The Labute approximate surface area is 234 Å². The minimum atomic E-state index is -0.686. The van der Waals surface area contributed by atoms with Crippen LogP contribution in [0.15, 0.2) is 54.6 Å². The Hall–Kier alpha value is -3.40. The summed E-state index contributed by atoms with van der Waals surface area (Å²) >= 11 is 0. The number of hydrogen-bond donors (Lipinski definition) is 0. The van der Waals surface area contributed by atoms with Gasteiger partial charge in [-0.25, -0.2) is 9.59 Å². The summed E-state index contributed by atoms with van der Waals surface area (Å²) in [6.45, 7) is 5.75. The number of carbonyl (C=O) groups excluding carboxylic acids is 2. The molecule has 2 fully saturated rings. The van der Waals surface area contributed by atoms with Crippen LogP contribution >= 0.6 is 0 Å². The van der Waals surface area contributed by atoms with Gasteiger partial charge in [0.2, 0.25) is 0 Å². The maximum Gasteiger partial charge on any atom is 0.342 e. The number of cyclic esters (lactones) is 1. The van der Waals surface area contributed by atoms with Crippen LogP contribution in [-0.2, 0) is 30.1 Å². The molecule has 5 atom stereocenters. The maximum absolute atomic E-state index is 13.5. The van der Waals surface area contributed by atoms with Crippen molar-refractivity contribution in [3.63, 3.8) is 0 Å². The van der Waals surface area contributed by atoms with Gasteiger partial charge in [0.05, 0.1) is 18.3 Å². The average molecular weight is 553 g/mol. The van der Waals surface area contributed by atoms with Crippen molar-refractivity contribution in [1.29, 1.82) is 0 Å². The lowest BCUT2D eigenvalue weighted by Crippen LogP contribution is -2.40. The molecule has 9 heteroatoms. The van der Waals surface area contributed by atoms with Crippen LogP contribution in [0, 0.1) is 0 Å². The smallest absolute Gasteiger partial charge is 0.342 e. The van der Waals surface area contributed by atoms with Gasteiger partial charge in [-0.15, -0.1) is 0 Å². The van der Waals surface area contributed by atoms with E-state index in [2.05, 4.69) is 0 Å². The first kappa shape index (κ1) is 28.1. The van der Waals surface area contributed by atoms with Gasteiger partial charge < -0.3 is 33.2 Å². The predicted octanol–water partition coefficient (Wildman–Crippen LogP) is 4.66. The third-order valence-electron chi connectivity index (χ3n) is 7.86. The van der Waals surface area contributed by atoms with Crippen LogP contribution in [0.25, 0.3) is 0 Å². The summed E-state index contributed by atoms with van der Waals surface area (Å²) in [5.41, 5.74) is 0.205. The molecule has 2 aromatic rings. The fourth-order valence-electron chi connectivity index (χ4n) is 5.68. The molecule has 9 nitrogen and oxygen atoms in total. The zero-order valence-corrected chi connectivity index (χ0v) is 23.5. The average Bonchev–Trinajstić information content (AvgIpc) is 3.64. The quantitative estimate of drug-likeness (QED) is 0.219. The van der Waals surface area contributed by atoms with Crippen molar-refractivity contribution < 1.29 is 42.7 Å². The van der Waals surface area contributed by atoms with E-state index < -0.39 is 41.5 Å². The van der Waals surface area contributed by atoms with Gasteiger partial charge in [-0.05, 0) is 63.5 Å². The van der Waals surface area contributed by atoms with Gasteiger partial charge in [0, 0.05) is 19.6 Å². The highest BCUT2D eigenvalue weighted by Crippen LogP contribution is 2.59. The highest BCUT2D eigenvalue weighted by atomic mass is 16.7. The van der Waals surface area contributed by atoms with Gasteiger partial charge in [0.15, 0.2) is 6.79 Å². The van der Waals surface area contributed by atoms with E-state index in [1.165, 1.54) is 7.11 Å². The summed E-state index contributed by atoms with van der Waals surface area (Å²) in [5.74, 6) is -0.0675. The minimum absolute atomic E-state index is 0.0358. The Bertz CT molecular complexity index is 1270. The second-order valence-corrected chi connectivity index (χ2v) is 10.8. The fourth-order valence-corrected chi connectivity index (χ4v) is 5.68. The van der Waals surface area contributed by atoms with E-state index in [1.54, 1.807) is 43.5 Å². The molecule has 40 heavy (non-hydrogen) atoms. The van der Waals surface area contributed by atoms with Crippen molar-refractivity contribution in [1.82, 2.24) is 0 Å². The van der Waals surface area contributed by atoms with E-state index in [0.717, 1.165) is 0 Å². The molecule has 5 rings (SSSR count). The van der Waals surface area contributed by atoms with Crippen LogP contribution in [-0.4, -0.2) is 68.6 Å². The molecular formula is C31H36O9. The molecule has 0 radical (unpaired) electrons. The third kappa shape index (κ3) is 5.33. The Morgan fingerprint density at radius 2 is 1.88 bits per heavy atom. The van der Waals surface area contributed by atoms with Gasteiger partial charge in [0.25, 0.3) is 0 Å². The molecule has 0 amide bonds. The van der Waals surface area contributed by atoms with Crippen molar-refractivity contribution in [2.24, 2.45) is 0 Å². The number of rotatable bonds is 6. The summed E-state index contributed by atoms with van der Waals surface area (Å²) in [5, 5.41) is 0. The first-order chi connectivity index (χ1) is 19.2. The number of esters is 2. The molecule has 0 spiro atoms. The van der Waals surface area contributed by atoms with Gasteiger partial charge in [-0.1, -0.05) is 24.3 Å². The molecule has 0 saturated carbocycles. The molecule has 3 aliphatic rings. The first-order valence-corrected chi connectivity index (χ1v) is 13.5. The minimum Gasteiger partial charge on any atom is -0.497 e. The summed E-state index contributed by atoms with van der Waals surface area (Å²) in [7, 11) is 3.07. The second-order valence-electron chi connectivity index (χ2n) is 10.8. The lowest BCUT2D eigenvalue weighted by atomic mass is 9.83. The van der Waals surface area contributed by atoms with Crippen molar-refractivity contribution in [2.45, 2.75) is 75.7 Å². The maximum atomic E-state index is 13.5. The van der Waals surface area contributed by atoms with Crippen LogP contribution < -0.4 is 9.47 Å². The second kappa shape index (κ2) is 11.2. The fraction of sp³-hybridized carbons (Fsp3) is 0.484. The molecule has 0 aromatic heterocycles. The van der Waals surface area contributed by atoms with E-state index >= 15 is 0 Å². The topological polar surface area (TPSA) is 102 Å². The highest BCUT2D eigenvalue weighted by molar-refractivity contribution is 5.95. The molecular weight excluding hydrogens is 516 g/mol. The van der Waals surface area contributed by atoms with Crippen LogP contribution in [0.5, 0.6) is 11.5 Å². The Balaban J connectivity index is 1.49. The van der Waals surface area contributed by atoms with Crippen molar-refractivity contribution in [3.8, 4) is 11.5 Å². The molecule has 3 heterocycles. The number of aryl methyl sites for hydroxylation is 1. The summed E-state index contributed by atoms with van der Waals surface area (Å²) in [6, 6.07) is 12.3. The number of hydrogen-bond acceptors (Lipinski definition) is 9. The Morgan fingerprint density at radius 3 is 2.58 bits per heavy atom. The van der Waals surface area contributed by atoms with Crippen LogP contribution in [0.1, 0.15) is 59.9 Å². The summed E-state index contributed by atoms with van der Waals surface area (Å²) < 4.78 is 41.1. The lowest BCUT2D eigenvalue weighted by molar-refractivity contribution is -0.135. The van der Waals surface area contributed by atoms with Gasteiger partial charge in [-0.2, -0.15) is 0 Å². The molecule has 0 aliphatic carbocycles. The van der Waals surface area contributed by atoms with Crippen LogP contribution in [0.4, 0.5) is 0 Å². The Kier molecular flexibility index (Phi) is 7.90. The SMILES string of the molecule is COCOc1cc(OC)cc2c1C(=O)O[C@@H](C)CC=CC(OC(=O)c1ccccc1)[C@H]1OC(C)(C)C3(CC2)O[C@H]13. The van der Waals surface area contributed by atoms with E-state index in [9.17, 15) is 9.59 Å². The molecule has 2 saturated heterocycles. The van der Waals surface area contributed by atoms with E-state index in [4.69, 9.17) is 33.2 Å². The predicted molar refractivity (Wildman–Crippen MR) is 145 cm³/mol. The van der Waals surface area contributed by atoms with Crippen LogP contribution in [0.3, 0.4) is 0 Å². The van der Waals surface area contributed by atoms with Gasteiger partial charge in [0.1, 0.15) is 47.1 Å². The monoisotopic (exact) mass is 552 g/mol. The van der Waals surface area contributed by atoms with Crippen molar-refractivity contribution in [2.75, 3.05) is 21.0 Å². The zero-order chi connectivity index (χ0) is 28.5. The van der Waals surface area contributed by atoms with Crippen molar-refractivity contribution >= 4 is 11.9 Å². The van der Waals surface area contributed by atoms with Gasteiger partial charge >= 0.3 is 11.9 Å². The lowest BCUT2D eigenvalue weighted by Gasteiger charge is -2.31. The highest BCUT2D eigenvalue weighted by Gasteiger charge is 2.75. The van der Waals surface area contributed by atoms with E-state index in [0.29, 0.717) is 47.5 Å². The largest absolute Gasteiger partial charge is 0.497 e. The number of benzene rings is 2. The number of fused-ring (bicyclic) bond motifs is 1.